The lowest BCUT2D eigenvalue weighted by Gasteiger charge is -2.27. The van der Waals surface area contributed by atoms with Crippen molar-refractivity contribution in [2.75, 3.05) is 38.5 Å². The first-order valence-corrected chi connectivity index (χ1v) is 8.00. The van der Waals surface area contributed by atoms with Gasteiger partial charge in [0.2, 0.25) is 0 Å². The number of piperazine rings is 1. The SMILES string of the molecule is CCSc1ccc(Cl)cc1CCN1CCNCC1. The van der Waals surface area contributed by atoms with Crippen LogP contribution in [0.5, 0.6) is 0 Å². The van der Waals surface area contributed by atoms with Gasteiger partial charge in [0.05, 0.1) is 0 Å². The minimum Gasteiger partial charge on any atom is -0.314 e. The van der Waals surface area contributed by atoms with E-state index in [9.17, 15) is 0 Å². The molecule has 0 amide bonds. The number of hydrogen-bond donors (Lipinski definition) is 1. The van der Waals surface area contributed by atoms with Crippen molar-refractivity contribution >= 4 is 23.4 Å². The van der Waals surface area contributed by atoms with Crippen molar-refractivity contribution in [2.24, 2.45) is 0 Å². The van der Waals surface area contributed by atoms with E-state index in [0.29, 0.717) is 0 Å². The summed E-state index contributed by atoms with van der Waals surface area (Å²) in [6, 6.07) is 6.28. The van der Waals surface area contributed by atoms with Crippen LogP contribution in [0.15, 0.2) is 23.1 Å². The Hall–Kier alpha value is -0.220. The maximum Gasteiger partial charge on any atom is 0.0409 e. The second-order valence-corrected chi connectivity index (χ2v) is 6.27. The molecule has 0 aromatic heterocycles. The van der Waals surface area contributed by atoms with Crippen molar-refractivity contribution in [3.05, 3.63) is 28.8 Å². The molecular formula is C14H21ClN2S. The summed E-state index contributed by atoms with van der Waals surface area (Å²) in [6.45, 7) is 7.89. The van der Waals surface area contributed by atoms with E-state index in [0.717, 1.165) is 49.9 Å². The van der Waals surface area contributed by atoms with E-state index < -0.39 is 0 Å². The summed E-state index contributed by atoms with van der Waals surface area (Å²) in [5.41, 5.74) is 1.40. The lowest BCUT2D eigenvalue weighted by Crippen LogP contribution is -2.44. The molecule has 0 atom stereocenters. The zero-order chi connectivity index (χ0) is 12.8. The molecule has 1 aliphatic heterocycles. The van der Waals surface area contributed by atoms with E-state index in [-0.39, 0.29) is 0 Å². The van der Waals surface area contributed by atoms with Crippen molar-refractivity contribution in [3.8, 4) is 0 Å². The fraction of sp³-hybridized carbons (Fsp3) is 0.571. The van der Waals surface area contributed by atoms with Gasteiger partial charge >= 0.3 is 0 Å². The predicted octanol–water partition coefficient (Wildman–Crippen LogP) is 2.90. The monoisotopic (exact) mass is 284 g/mol. The Kier molecular flexibility index (Phi) is 5.83. The average molecular weight is 285 g/mol. The first kappa shape index (κ1) is 14.2. The maximum absolute atomic E-state index is 6.11. The summed E-state index contributed by atoms with van der Waals surface area (Å²) in [5.74, 6) is 1.11. The van der Waals surface area contributed by atoms with E-state index in [1.165, 1.54) is 10.5 Å². The van der Waals surface area contributed by atoms with Crippen LogP contribution in [-0.2, 0) is 6.42 Å². The molecule has 1 aliphatic rings. The number of nitrogens with zero attached hydrogens (tertiary/aromatic N) is 1. The molecule has 2 nitrogen and oxygen atoms in total. The van der Waals surface area contributed by atoms with Gasteiger partial charge in [-0.25, -0.2) is 0 Å². The summed E-state index contributed by atoms with van der Waals surface area (Å²) < 4.78 is 0. The van der Waals surface area contributed by atoms with Crippen molar-refractivity contribution < 1.29 is 0 Å². The molecule has 0 bridgehead atoms. The average Bonchev–Trinajstić information content (AvgIpc) is 2.40. The summed E-state index contributed by atoms with van der Waals surface area (Å²) in [4.78, 5) is 3.91. The zero-order valence-corrected chi connectivity index (χ0v) is 12.5. The number of thioether (sulfide) groups is 1. The summed E-state index contributed by atoms with van der Waals surface area (Å²) in [7, 11) is 0. The van der Waals surface area contributed by atoms with Gasteiger partial charge in [-0.1, -0.05) is 18.5 Å². The quantitative estimate of drug-likeness (QED) is 0.837. The third-order valence-corrected chi connectivity index (χ3v) is 4.46. The molecule has 0 unspecified atom stereocenters. The molecule has 0 spiro atoms. The minimum absolute atomic E-state index is 0.853. The van der Waals surface area contributed by atoms with Crippen LogP contribution in [0.25, 0.3) is 0 Å². The summed E-state index contributed by atoms with van der Waals surface area (Å²) in [5, 5.41) is 4.24. The van der Waals surface area contributed by atoms with E-state index in [1.54, 1.807) is 0 Å². The highest BCUT2D eigenvalue weighted by Gasteiger charge is 2.10. The van der Waals surface area contributed by atoms with Crippen LogP contribution in [-0.4, -0.2) is 43.4 Å². The molecule has 2 rings (SSSR count). The molecule has 1 N–H and O–H groups in total. The Morgan fingerprint density at radius 3 is 2.83 bits per heavy atom. The molecule has 1 fully saturated rings. The largest absolute Gasteiger partial charge is 0.314 e. The molecule has 1 saturated heterocycles. The normalized spacial score (nSPS) is 17.0. The number of benzene rings is 1. The maximum atomic E-state index is 6.11. The Morgan fingerprint density at radius 1 is 1.33 bits per heavy atom. The van der Waals surface area contributed by atoms with Gasteiger partial charge in [-0.3, -0.25) is 0 Å². The first-order chi connectivity index (χ1) is 8.79. The molecule has 100 valence electrons. The molecule has 0 saturated carbocycles. The Morgan fingerprint density at radius 2 is 2.11 bits per heavy atom. The minimum atomic E-state index is 0.853. The lowest BCUT2D eigenvalue weighted by molar-refractivity contribution is 0.243. The van der Waals surface area contributed by atoms with Gasteiger partial charge in [0.1, 0.15) is 0 Å². The van der Waals surface area contributed by atoms with Gasteiger partial charge in [-0.2, -0.15) is 0 Å². The third kappa shape index (κ3) is 4.16. The van der Waals surface area contributed by atoms with Gasteiger partial charge in [-0.05, 0) is 35.9 Å². The molecule has 1 heterocycles. The molecular weight excluding hydrogens is 264 g/mol. The predicted molar refractivity (Wildman–Crippen MR) is 80.9 cm³/mol. The summed E-state index contributed by atoms with van der Waals surface area (Å²) in [6.07, 6.45) is 1.10. The van der Waals surface area contributed by atoms with Gasteiger partial charge < -0.3 is 10.2 Å². The molecule has 0 radical (unpaired) electrons. The van der Waals surface area contributed by atoms with Crippen LogP contribution in [0.2, 0.25) is 5.02 Å². The van der Waals surface area contributed by atoms with Crippen LogP contribution in [0, 0.1) is 0 Å². The topological polar surface area (TPSA) is 15.3 Å². The second kappa shape index (κ2) is 7.39. The van der Waals surface area contributed by atoms with Crippen molar-refractivity contribution in [3.63, 3.8) is 0 Å². The molecule has 1 aromatic rings. The Balaban J connectivity index is 1.95. The third-order valence-electron chi connectivity index (χ3n) is 3.23. The standard InChI is InChI=1S/C14H21ClN2S/c1-2-18-14-4-3-13(15)11-12(14)5-8-17-9-6-16-7-10-17/h3-4,11,16H,2,5-10H2,1H3. The molecule has 0 aliphatic carbocycles. The first-order valence-electron chi connectivity index (χ1n) is 6.64. The Bertz CT molecular complexity index is 378. The summed E-state index contributed by atoms with van der Waals surface area (Å²) >= 11 is 8.01. The van der Waals surface area contributed by atoms with Crippen LogP contribution in [0.3, 0.4) is 0 Å². The van der Waals surface area contributed by atoms with Crippen LogP contribution in [0.4, 0.5) is 0 Å². The van der Waals surface area contributed by atoms with Gasteiger partial charge in [-0.15, -0.1) is 11.8 Å². The van der Waals surface area contributed by atoms with E-state index in [4.69, 9.17) is 11.6 Å². The second-order valence-electron chi connectivity index (χ2n) is 4.53. The van der Waals surface area contributed by atoms with E-state index >= 15 is 0 Å². The molecule has 1 aromatic carbocycles. The Labute approximate surface area is 119 Å². The highest BCUT2D eigenvalue weighted by Crippen LogP contribution is 2.26. The molecule has 4 heteroatoms. The molecule has 18 heavy (non-hydrogen) atoms. The van der Waals surface area contributed by atoms with E-state index in [2.05, 4.69) is 29.3 Å². The fourth-order valence-corrected chi connectivity index (χ4v) is 3.27. The van der Waals surface area contributed by atoms with Crippen LogP contribution >= 0.6 is 23.4 Å². The van der Waals surface area contributed by atoms with Gasteiger partial charge in [0.25, 0.3) is 0 Å². The van der Waals surface area contributed by atoms with Crippen LogP contribution < -0.4 is 5.32 Å². The highest BCUT2D eigenvalue weighted by atomic mass is 35.5. The van der Waals surface area contributed by atoms with Crippen molar-refractivity contribution in [1.29, 1.82) is 0 Å². The highest BCUT2D eigenvalue weighted by molar-refractivity contribution is 7.99. The van der Waals surface area contributed by atoms with Crippen molar-refractivity contribution in [2.45, 2.75) is 18.2 Å². The fourth-order valence-electron chi connectivity index (χ4n) is 2.25. The van der Waals surface area contributed by atoms with E-state index in [1.807, 2.05) is 17.8 Å². The number of hydrogen-bond acceptors (Lipinski definition) is 3. The van der Waals surface area contributed by atoms with Crippen LogP contribution in [0.1, 0.15) is 12.5 Å². The van der Waals surface area contributed by atoms with Gasteiger partial charge in [0, 0.05) is 42.6 Å². The van der Waals surface area contributed by atoms with Crippen molar-refractivity contribution in [1.82, 2.24) is 10.2 Å². The number of halogens is 1. The zero-order valence-electron chi connectivity index (χ0n) is 10.9. The lowest BCUT2D eigenvalue weighted by atomic mass is 10.1. The number of rotatable bonds is 5. The number of nitrogens with one attached hydrogen (secondary N) is 1. The van der Waals surface area contributed by atoms with Gasteiger partial charge in [0.15, 0.2) is 0 Å². The smallest absolute Gasteiger partial charge is 0.0409 e.